The minimum absolute atomic E-state index is 0.193. The maximum absolute atomic E-state index is 12.6. The van der Waals surface area contributed by atoms with Gasteiger partial charge in [-0.3, -0.25) is 10.1 Å². The van der Waals surface area contributed by atoms with Crippen molar-refractivity contribution in [2.45, 2.75) is 13.8 Å². The molecule has 1 amide bonds. The number of aryl methyl sites for hydroxylation is 2. The van der Waals surface area contributed by atoms with Crippen LogP contribution >= 0.6 is 12.2 Å². The van der Waals surface area contributed by atoms with Crippen molar-refractivity contribution in [1.82, 2.24) is 10.3 Å². The minimum atomic E-state index is -0.337. The second-order valence-electron chi connectivity index (χ2n) is 7.13. The summed E-state index contributed by atoms with van der Waals surface area (Å²) in [5.41, 5.74) is 5.57. The van der Waals surface area contributed by atoms with Crippen LogP contribution in [-0.2, 0) is 0 Å². The summed E-state index contributed by atoms with van der Waals surface area (Å²) >= 11 is 5.29. The van der Waals surface area contributed by atoms with Crippen LogP contribution in [0.4, 0.5) is 5.69 Å². The second kappa shape index (κ2) is 8.57. The smallest absolute Gasteiger partial charge is 0.261 e. The van der Waals surface area contributed by atoms with Crippen LogP contribution in [0.2, 0.25) is 0 Å². The molecule has 0 bridgehead atoms. The molecule has 1 aromatic heterocycles. The molecule has 1 heterocycles. The van der Waals surface area contributed by atoms with Gasteiger partial charge in [0.1, 0.15) is 11.3 Å². The van der Waals surface area contributed by atoms with Gasteiger partial charge in [0.25, 0.3) is 5.91 Å². The second-order valence-corrected chi connectivity index (χ2v) is 7.54. The van der Waals surface area contributed by atoms with E-state index in [-0.39, 0.29) is 11.0 Å². The number of amides is 1. The molecule has 31 heavy (non-hydrogen) atoms. The molecule has 0 radical (unpaired) electrons. The highest BCUT2D eigenvalue weighted by Crippen LogP contribution is 2.26. The summed E-state index contributed by atoms with van der Waals surface area (Å²) in [5, 5.41) is 5.89. The van der Waals surface area contributed by atoms with Crippen molar-refractivity contribution in [1.29, 1.82) is 0 Å². The van der Waals surface area contributed by atoms with Crippen molar-refractivity contribution in [2.24, 2.45) is 0 Å². The molecule has 4 rings (SSSR count). The van der Waals surface area contributed by atoms with E-state index in [1.165, 1.54) is 7.11 Å². The lowest BCUT2D eigenvalue weighted by molar-refractivity contribution is 0.0974. The number of hydrogen-bond donors (Lipinski definition) is 2. The zero-order chi connectivity index (χ0) is 22.0. The molecule has 0 saturated carbocycles. The molecule has 156 valence electrons. The van der Waals surface area contributed by atoms with E-state index < -0.39 is 0 Å². The van der Waals surface area contributed by atoms with Crippen molar-refractivity contribution in [2.75, 3.05) is 12.4 Å². The molecule has 0 fully saturated rings. The first kappa shape index (κ1) is 20.6. The van der Waals surface area contributed by atoms with Gasteiger partial charge in [0.2, 0.25) is 5.89 Å². The number of carbonyl (C=O) groups is 1. The first-order chi connectivity index (χ1) is 14.9. The number of nitrogens with one attached hydrogen (secondary N) is 2. The van der Waals surface area contributed by atoms with Crippen molar-refractivity contribution in [3.8, 4) is 17.2 Å². The summed E-state index contributed by atoms with van der Waals surface area (Å²) in [4.78, 5) is 17.1. The van der Waals surface area contributed by atoms with Gasteiger partial charge < -0.3 is 14.5 Å². The Balaban J connectivity index is 1.44. The number of aromatic nitrogens is 1. The van der Waals surface area contributed by atoms with Crippen LogP contribution in [0.1, 0.15) is 21.5 Å². The molecular weight excluding hydrogens is 410 g/mol. The number of oxazole rings is 1. The number of anilines is 1. The quantitative estimate of drug-likeness (QED) is 0.430. The third-order valence-corrected chi connectivity index (χ3v) is 5.03. The van der Waals surface area contributed by atoms with Gasteiger partial charge in [0, 0.05) is 11.3 Å². The van der Waals surface area contributed by atoms with E-state index in [9.17, 15) is 4.79 Å². The van der Waals surface area contributed by atoms with Crippen LogP contribution in [0.3, 0.4) is 0 Å². The van der Waals surface area contributed by atoms with Gasteiger partial charge >= 0.3 is 0 Å². The number of carbonyl (C=O) groups excluding carboxylic acids is 1. The average Bonchev–Trinajstić information content (AvgIpc) is 3.17. The first-order valence-electron chi connectivity index (χ1n) is 9.68. The fourth-order valence-corrected chi connectivity index (χ4v) is 3.50. The molecule has 2 N–H and O–H groups in total. The Morgan fingerprint density at radius 1 is 1.06 bits per heavy atom. The Hall–Kier alpha value is -3.71. The molecule has 7 heteroatoms. The molecule has 0 aliphatic heterocycles. The van der Waals surface area contributed by atoms with Crippen molar-refractivity contribution in [3.05, 3.63) is 77.4 Å². The van der Waals surface area contributed by atoms with E-state index in [1.807, 2.05) is 62.4 Å². The zero-order valence-electron chi connectivity index (χ0n) is 17.4. The monoisotopic (exact) mass is 431 g/mol. The lowest BCUT2D eigenvalue weighted by Crippen LogP contribution is -2.34. The number of ether oxygens (including phenoxy) is 1. The van der Waals surface area contributed by atoms with E-state index in [0.717, 1.165) is 33.5 Å². The van der Waals surface area contributed by atoms with Crippen molar-refractivity contribution >= 4 is 40.0 Å². The van der Waals surface area contributed by atoms with Crippen molar-refractivity contribution < 1.29 is 13.9 Å². The number of methoxy groups -OCH3 is 1. The molecule has 0 spiro atoms. The summed E-state index contributed by atoms with van der Waals surface area (Å²) in [5.74, 6) is 0.742. The van der Waals surface area contributed by atoms with Gasteiger partial charge in [-0.15, -0.1) is 0 Å². The van der Waals surface area contributed by atoms with Gasteiger partial charge in [-0.05, 0) is 79.7 Å². The summed E-state index contributed by atoms with van der Waals surface area (Å²) in [7, 11) is 1.54. The summed E-state index contributed by atoms with van der Waals surface area (Å²) < 4.78 is 11.2. The topological polar surface area (TPSA) is 76.4 Å². The Morgan fingerprint density at radius 3 is 2.58 bits per heavy atom. The Bertz CT molecular complexity index is 1280. The lowest BCUT2D eigenvalue weighted by atomic mass is 10.1. The molecule has 4 aromatic rings. The molecular formula is C24H21N3O3S. The largest absolute Gasteiger partial charge is 0.496 e. The number of fused-ring (bicyclic) bond motifs is 1. The summed E-state index contributed by atoms with van der Waals surface area (Å²) in [6.45, 7) is 3.89. The number of rotatable bonds is 4. The highest BCUT2D eigenvalue weighted by atomic mass is 32.1. The van der Waals surface area contributed by atoms with E-state index in [1.54, 1.807) is 12.1 Å². The fourth-order valence-electron chi connectivity index (χ4n) is 3.29. The Morgan fingerprint density at radius 2 is 1.84 bits per heavy atom. The van der Waals surface area contributed by atoms with Crippen LogP contribution in [0, 0.1) is 13.8 Å². The van der Waals surface area contributed by atoms with Crippen LogP contribution in [0.25, 0.3) is 22.6 Å². The minimum Gasteiger partial charge on any atom is -0.496 e. The van der Waals surface area contributed by atoms with Crippen LogP contribution in [0.15, 0.2) is 65.1 Å². The molecule has 0 saturated heterocycles. The van der Waals surface area contributed by atoms with E-state index >= 15 is 0 Å². The Kier molecular flexibility index (Phi) is 5.68. The number of benzene rings is 3. The normalized spacial score (nSPS) is 10.7. The molecule has 0 aliphatic rings. The molecule has 0 atom stereocenters. The first-order valence-corrected chi connectivity index (χ1v) is 10.1. The Labute approximate surface area is 185 Å². The van der Waals surface area contributed by atoms with Gasteiger partial charge in [0.15, 0.2) is 10.7 Å². The molecule has 0 unspecified atom stereocenters. The molecule has 0 aliphatic carbocycles. The third kappa shape index (κ3) is 4.41. The maximum atomic E-state index is 12.6. The number of para-hydroxylation sites is 1. The third-order valence-electron chi connectivity index (χ3n) is 4.82. The highest BCUT2D eigenvalue weighted by Gasteiger charge is 2.15. The van der Waals surface area contributed by atoms with Crippen LogP contribution in [-0.4, -0.2) is 23.1 Å². The lowest BCUT2D eigenvalue weighted by Gasteiger charge is -2.13. The molecule has 3 aromatic carbocycles. The van der Waals surface area contributed by atoms with Crippen LogP contribution < -0.4 is 15.4 Å². The SMILES string of the molecule is COc1c(C)cccc1C(=O)NC(=S)Nc1ccc(-c2nc3ccc(C)cc3o2)cc1. The van der Waals surface area contributed by atoms with E-state index in [0.29, 0.717) is 17.2 Å². The predicted octanol–water partition coefficient (Wildman–Crippen LogP) is 5.25. The van der Waals surface area contributed by atoms with Gasteiger partial charge in [-0.25, -0.2) is 4.98 Å². The van der Waals surface area contributed by atoms with Gasteiger partial charge in [-0.1, -0.05) is 18.2 Å². The predicted molar refractivity (Wildman–Crippen MR) is 126 cm³/mol. The maximum Gasteiger partial charge on any atom is 0.261 e. The van der Waals surface area contributed by atoms with E-state index in [4.69, 9.17) is 21.4 Å². The standard InChI is InChI=1S/C24H21N3O3S/c1-14-7-12-19-20(13-14)30-23(26-19)16-8-10-17(11-9-16)25-24(31)27-22(28)18-6-4-5-15(2)21(18)29-3/h4-13H,1-3H3,(H2,25,27,28,31). The van der Waals surface area contributed by atoms with Gasteiger partial charge in [-0.2, -0.15) is 0 Å². The number of nitrogens with zero attached hydrogens (tertiary/aromatic N) is 1. The highest BCUT2D eigenvalue weighted by molar-refractivity contribution is 7.80. The van der Waals surface area contributed by atoms with Crippen molar-refractivity contribution in [3.63, 3.8) is 0 Å². The van der Waals surface area contributed by atoms with Gasteiger partial charge in [0.05, 0.1) is 12.7 Å². The number of hydrogen-bond acceptors (Lipinski definition) is 5. The van der Waals surface area contributed by atoms with Crippen LogP contribution in [0.5, 0.6) is 5.75 Å². The van der Waals surface area contributed by atoms with E-state index in [2.05, 4.69) is 15.6 Å². The summed E-state index contributed by atoms with van der Waals surface area (Å²) in [6.07, 6.45) is 0. The summed E-state index contributed by atoms with van der Waals surface area (Å²) in [6, 6.07) is 18.7. The zero-order valence-corrected chi connectivity index (χ0v) is 18.2. The average molecular weight is 432 g/mol. The number of thiocarbonyl (C=S) groups is 1. The fraction of sp³-hybridized carbons (Fsp3) is 0.125. The molecule has 6 nitrogen and oxygen atoms in total.